The van der Waals surface area contributed by atoms with Gasteiger partial charge >= 0.3 is 0 Å². The molecule has 5 heteroatoms. The third-order valence-electron chi connectivity index (χ3n) is 5.48. The molecule has 1 saturated heterocycles. The molecule has 1 aliphatic carbocycles. The van der Waals surface area contributed by atoms with Crippen LogP contribution in [-0.2, 0) is 10.0 Å². The van der Waals surface area contributed by atoms with Gasteiger partial charge in [-0.3, -0.25) is 0 Å². The minimum atomic E-state index is -3.10. The molecule has 0 aromatic heterocycles. The van der Waals surface area contributed by atoms with E-state index < -0.39 is 10.0 Å². The van der Waals surface area contributed by atoms with Gasteiger partial charge in [0.05, 0.1) is 5.25 Å². The number of hydrogen-bond donors (Lipinski definition) is 1. The smallest absolute Gasteiger partial charge is 0.216 e. The zero-order chi connectivity index (χ0) is 16.2. The van der Waals surface area contributed by atoms with Crippen molar-refractivity contribution in [1.82, 2.24) is 9.62 Å². The molecule has 1 N–H and O–H groups in total. The van der Waals surface area contributed by atoms with Crippen molar-refractivity contribution in [3.8, 4) is 0 Å². The van der Waals surface area contributed by atoms with Crippen LogP contribution in [0.5, 0.6) is 0 Å². The second-order valence-corrected chi connectivity index (χ2v) is 9.86. The molecule has 4 nitrogen and oxygen atoms in total. The lowest BCUT2D eigenvalue weighted by Gasteiger charge is -2.40. The quantitative estimate of drug-likeness (QED) is 0.788. The average molecular weight is 331 g/mol. The van der Waals surface area contributed by atoms with Crippen LogP contribution in [0.2, 0.25) is 0 Å². The first kappa shape index (κ1) is 18.2. The normalized spacial score (nSPS) is 29.6. The van der Waals surface area contributed by atoms with Gasteiger partial charge in [-0.15, -0.1) is 0 Å². The molecule has 2 rings (SSSR count). The van der Waals surface area contributed by atoms with Crippen molar-refractivity contribution in [2.75, 3.05) is 13.1 Å². The minimum absolute atomic E-state index is 0.309. The van der Waals surface area contributed by atoms with E-state index in [1.54, 1.807) is 18.2 Å². The van der Waals surface area contributed by atoms with Gasteiger partial charge in [-0.1, -0.05) is 39.0 Å². The van der Waals surface area contributed by atoms with Gasteiger partial charge in [-0.2, -0.15) is 0 Å². The Morgan fingerprint density at radius 3 is 2.27 bits per heavy atom. The summed E-state index contributed by atoms with van der Waals surface area (Å²) in [4.78, 5) is 0. The SMILES string of the molecule is CCC1CN(S(=O)(=O)C(C)C)CCC1NC1CCCCCC1. The summed E-state index contributed by atoms with van der Waals surface area (Å²) in [6, 6.07) is 1.14. The summed E-state index contributed by atoms with van der Waals surface area (Å²) in [7, 11) is -3.10. The van der Waals surface area contributed by atoms with Crippen LogP contribution in [0.25, 0.3) is 0 Å². The molecule has 0 aromatic carbocycles. The summed E-state index contributed by atoms with van der Waals surface area (Å²) in [5.74, 6) is 0.450. The lowest BCUT2D eigenvalue weighted by molar-refractivity contribution is 0.185. The highest BCUT2D eigenvalue weighted by Gasteiger charge is 2.35. The van der Waals surface area contributed by atoms with Crippen molar-refractivity contribution in [3.05, 3.63) is 0 Å². The molecule has 0 bridgehead atoms. The Morgan fingerprint density at radius 1 is 1.09 bits per heavy atom. The van der Waals surface area contributed by atoms with Crippen molar-refractivity contribution >= 4 is 10.0 Å². The van der Waals surface area contributed by atoms with Crippen molar-refractivity contribution in [2.45, 2.75) is 89.5 Å². The number of piperidine rings is 1. The number of hydrogen-bond acceptors (Lipinski definition) is 3. The zero-order valence-corrected chi connectivity index (χ0v) is 15.4. The first-order valence-electron chi connectivity index (χ1n) is 9.20. The monoisotopic (exact) mass is 330 g/mol. The van der Waals surface area contributed by atoms with Gasteiger partial charge in [0, 0.05) is 25.2 Å². The molecule has 1 heterocycles. The lowest BCUT2D eigenvalue weighted by Crippen LogP contribution is -2.54. The molecule has 1 aliphatic heterocycles. The van der Waals surface area contributed by atoms with Crippen LogP contribution >= 0.6 is 0 Å². The van der Waals surface area contributed by atoms with Gasteiger partial charge in [0.25, 0.3) is 0 Å². The van der Waals surface area contributed by atoms with E-state index >= 15 is 0 Å². The fourth-order valence-electron chi connectivity index (χ4n) is 3.91. The van der Waals surface area contributed by atoms with Gasteiger partial charge < -0.3 is 5.32 Å². The third-order valence-corrected chi connectivity index (χ3v) is 7.72. The number of sulfonamides is 1. The Kier molecular flexibility index (Phi) is 6.72. The van der Waals surface area contributed by atoms with Gasteiger partial charge in [-0.25, -0.2) is 12.7 Å². The molecule has 2 fully saturated rings. The third kappa shape index (κ3) is 4.45. The van der Waals surface area contributed by atoms with Crippen LogP contribution in [0.15, 0.2) is 0 Å². The van der Waals surface area contributed by atoms with Crippen LogP contribution in [0, 0.1) is 5.92 Å². The summed E-state index contributed by atoms with van der Waals surface area (Å²) in [6.45, 7) is 7.14. The van der Waals surface area contributed by atoms with Gasteiger partial charge in [0.15, 0.2) is 0 Å². The molecule has 0 aromatic rings. The van der Waals surface area contributed by atoms with E-state index in [1.807, 2.05) is 0 Å². The highest BCUT2D eigenvalue weighted by molar-refractivity contribution is 7.89. The van der Waals surface area contributed by atoms with E-state index in [0.29, 0.717) is 31.1 Å². The second kappa shape index (κ2) is 8.11. The molecule has 2 unspecified atom stereocenters. The fraction of sp³-hybridized carbons (Fsp3) is 1.00. The maximum atomic E-state index is 12.4. The Bertz CT molecular complexity index is 428. The Morgan fingerprint density at radius 2 is 1.73 bits per heavy atom. The Balaban J connectivity index is 1.95. The Labute approximate surface area is 137 Å². The molecule has 0 amide bonds. The maximum Gasteiger partial charge on any atom is 0.216 e. The molecule has 130 valence electrons. The topological polar surface area (TPSA) is 49.4 Å². The average Bonchev–Trinajstić information content (AvgIpc) is 2.76. The highest BCUT2D eigenvalue weighted by atomic mass is 32.2. The number of nitrogens with zero attached hydrogens (tertiary/aromatic N) is 1. The first-order valence-corrected chi connectivity index (χ1v) is 10.7. The summed E-state index contributed by atoms with van der Waals surface area (Å²) >= 11 is 0. The molecule has 2 atom stereocenters. The van der Waals surface area contributed by atoms with Crippen LogP contribution in [-0.4, -0.2) is 43.1 Å². The second-order valence-electron chi connectivity index (χ2n) is 7.37. The van der Waals surface area contributed by atoms with Crippen LogP contribution in [0.1, 0.15) is 72.1 Å². The number of rotatable bonds is 5. The predicted molar refractivity (Wildman–Crippen MR) is 92.4 cm³/mol. The predicted octanol–water partition coefficient (Wildman–Crippen LogP) is 3.14. The molecule has 1 saturated carbocycles. The summed E-state index contributed by atoms with van der Waals surface area (Å²) in [6.07, 6.45) is 10.0. The van der Waals surface area contributed by atoms with E-state index in [4.69, 9.17) is 0 Å². The standard InChI is InChI=1S/C17H34N2O2S/c1-4-15-13-19(22(20,21)14(2)3)12-11-17(15)18-16-9-7-5-6-8-10-16/h14-18H,4-13H2,1-3H3. The van der Waals surface area contributed by atoms with E-state index in [2.05, 4.69) is 12.2 Å². The molecular weight excluding hydrogens is 296 g/mol. The summed E-state index contributed by atoms with van der Waals surface area (Å²) in [5.41, 5.74) is 0. The van der Waals surface area contributed by atoms with Crippen LogP contribution in [0.3, 0.4) is 0 Å². The molecule has 0 radical (unpaired) electrons. The molecule has 2 aliphatic rings. The van der Waals surface area contributed by atoms with Gasteiger partial charge in [0.1, 0.15) is 0 Å². The van der Waals surface area contributed by atoms with Crippen LogP contribution < -0.4 is 5.32 Å². The van der Waals surface area contributed by atoms with E-state index in [1.165, 1.54) is 38.5 Å². The molecule has 22 heavy (non-hydrogen) atoms. The first-order chi connectivity index (χ1) is 10.4. The van der Waals surface area contributed by atoms with Crippen LogP contribution in [0.4, 0.5) is 0 Å². The highest BCUT2D eigenvalue weighted by Crippen LogP contribution is 2.26. The van der Waals surface area contributed by atoms with Crippen molar-refractivity contribution in [3.63, 3.8) is 0 Å². The van der Waals surface area contributed by atoms with E-state index in [-0.39, 0.29) is 5.25 Å². The van der Waals surface area contributed by atoms with Crippen molar-refractivity contribution < 1.29 is 8.42 Å². The fourth-order valence-corrected chi connectivity index (χ4v) is 5.27. The maximum absolute atomic E-state index is 12.4. The van der Waals surface area contributed by atoms with E-state index in [9.17, 15) is 8.42 Å². The zero-order valence-electron chi connectivity index (χ0n) is 14.6. The summed E-state index contributed by atoms with van der Waals surface area (Å²) < 4.78 is 26.5. The lowest BCUT2D eigenvalue weighted by atomic mass is 9.90. The van der Waals surface area contributed by atoms with Crippen molar-refractivity contribution in [1.29, 1.82) is 0 Å². The molecule has 0 spiro atoms. The van der Waals surface area contributed by atoms with E-state index in [0.717, 1.165) is 12.8 Å². The Hall–Kier alpha value is -0.130. The van der Waals surface area contributed by atoms with Crippen molar-refractivity contribution in [2.24, 2.45) is 5.92 Å². The number of nitrogens with one attached hydrogen (secondary N) is 1. The molecular formula is C17H34N2O2S. The summed E-state index contributed by atoms with van der Waals surface area (Å²) in [5, 5.41) is 3.57. The minimum Gasteiger partial charge on any atom is -0.311 e. The van der Waals surface area contributed by atoms with Gasteiger partial charge in [-0.05, 0) is 39.0 Å². The van der Waals surface area contributed by atoms with Gasteiger partial charge in [0.2, 0.25) is 10.0 Å². The largest absolute Gasteiger partial charge is 0.311 e.